The van der Waals surface area contributed by atoms with Crippen LogP contribution in [0.5, 0.6) is 11.5 Å². The monoisotopic (exact) mass is 243 g/mol. The van der Waals surface area contributed by atoms with Crippen LogP contribution in [0, 0.1) is 5.82 Å². The topological polar surface area (TPSA) is 53.7 Å². The second kappa shape index (κ2) is 6.96. The van der Waals surface area contributed by atoms with E-state index < -0.39 is 5.82 Å². The fraction of sp³-hybridized carbons (Fsp3) is 0.500. The molecule has 17 heavy (non-hydrogen) atoms. The Morgan fingerprint density at radius 2 is 1.82 bits per heavy atom. The van der Waals surface area contributed by atoms with Crippen LogP contribution in [0.1, 0.15) is 13.3 Å². The van der Waals surface area contributed by atoms with Gasteiger partial charge in [-0.25, -0.2) is 4.39 Å². The molecule has 0 aromatic heterocycles. The SMILES string of the molecule is CCCOc1cc(OCCOC)c(N)cc1F. The number of nitrogens with two attached hydrogens (primary N) is 1. The van der Waals surface area contributed by atoms with Gasteiger partial charge in [0.2, 0.25) is 0 Å². The molecule has 0 aliphatic heterocycles. The van der Waals surface area contributed by atoms with E-state index in [1.165, 1.54) is 12.1 Å². The lowest BCUT2D eigenvalue weighted by atomic mass is 10.2. The first-order valence-electron chi connectivity index (χ1n) is 5.52. The van der Waals surface area contributed by atoms with Crippen LogP contribution in [0.15, 0.2) is 12.1 Å². The predicted octanol–water partition coefficient (Wildman–Crippen LogP) is 2.22. The molecule has 0 spiro atoms. The Kier molecular flexibility index (Phi) is 5.56. The van der Waals surface area contributed by atoms with Gasteiger partial charge in [0.25, 0.3) is 0 Å². The van der Waals surface area contributed by atoms with Crippen molar-refractivity contribution in [3.8, 4) is 11.5 Å². The van der Waals surface area contributed by atoms with Crippen molar-refractivity contribution < 1.29 is 18.6 Å². The van der Waals surface area contributed by atoms with E-state index in [-0.39, 0.29) is 11.4 Å². The highest BCUT2D eigenvalue weighted by Gasteiger charge is 2.10. The standard InChI is InChI=1S/C12H18FNO3/c1-3-4-16-11-8-12(17-6-5-15-2)10(14)7-9(11)13/h7-8H,3-6,14H2,1-2H3. The number of halogens is 1. The van der Waals surface area contributed by atoms with Gasteiger partial charge >= 0.3 is 0 Å². The third-order valence-electron chi connectivity index (χ3n) is 2.07. The minimum Gasteiger partial charge on any atom is -0.490 e. The number of rotatable bonds is 7. The molecule has 1 aromatic carbocycles. The third-order valence-corrected chi connectivity index (χ3v) is 2.07. The van der Waals surface area contributed by atoms with Crippen LogP contribution in [0.4, 0.5) is 10.1 Å². The summed E-state index contributed by atoms with van der Waals surface area (Å²) >= 11 is 0. The molecule has 1 rings (SSSR count). The highest BCUT2D eigenvalue weighted by Crippen LogP contribution is 2.30. The zero-order valence-corrected chi connectivity index (χ0v) is 10.2. The molecular weight excluding hydrogens is 225 g/mol. The molecule has 0 fully saturated rings. The molecule has 0 unspecified atom stereocenters. The van der Waals surface area contributed by atoms with E-state index >= 15 is 0 Å². The van der Waals surface area contributed by atoms with Crippen LogP contribution in [0.2, 0.25) is 0 Å². The Bertz CT molecular complexity index is 358. The zero-order chi connectivity index (χ0) is 12.7. The van der Waals surface area contributed by atoms with Crippen molar-refractivity contribution in [2.75, 3.05) is 32.7 Å². The molecule has 2 N–H and O–H groups in total. The van der Waals surface area contributed by atoms with Crippen LogP contribution >= 0.6 is 0 Å². The van der Waals surface area contributed by atoms with E-state index in [0.717, 1.165) is 6.42 Å². The van der Waals surface area contributed by atoms with E-state index in [1.54, 1.807) is 7.11 Å². The largest absolute Gasteiger partial charge is 0.490 e. The molecule has 0 heterocycles. The summed E-state index contributed by atoms with van der Waals surface area (Å²) in [5, 5.41) is 0. The number of benzene rings is 1. The van der Waals surface area contributed by atoms with Crippen molar-refractivity contribution in [2.24, 2.45) is 0 Å². The number of anilines is 1. The van der Waals surface area contributed by atoms with E-state index in [2.05, 4.69) is 0 Å². The maximum atomic E-state index is 13.5. The average Bonchev–Trinajstić information content (AvgIpc) is 2.31. The molecule has 0 bridgehead atoms. The number of ether oxygens (including phenoxy) is 3. The molecule has 5 heteroatoms. The number of hydrogen-bond donors (Lipinski definition) is 1. The molecule has 0 saturated carbocycles. The van der Waals surface area contributed by atoms with Crippen LogP contribution in [-0.2, 0) is 4.74 Å². The van der Waals surface area contributed by atoms with Crippen molar-refractivity contribution >= 4 is 5.69 Å². The Balaban J connectivity index is 2.74. The highest BCUT2D eigenvalue weighted by molar-refractivity contribution is 5.56. The Morgan fingerprint density at radius 1 is 1.12 bits per heavy atom. The third kappa shape index (κ3) is 4.11. The maximum absolute atomic E-state index is 13.5. The fourth-order valence-electron chi connectivity index (χ4n) is 1.23. The van der Waals surface area contributed by atoms with Gasteiger partial charge in [0.05, 0.1) is 18.9 Å². The molecule has 0 amide bonds. The summed E-state index contributed by atoms with van der Waals surface area (Å²) in [7, 11) is 1.58. The van der Waals surface area contributed by atoms with Crippen molar-refractivity contribution in [1.29, 1.82) is 0 Å². The molecular formula is C12H18FNO3. The molecule has 1 aromatic rings. The first-order valence-corrected chi connectivity index (χ1v) is 5.52. The summed E-state index contributed by atoms with van der Waals surface area (Å²) < 4.78 is 28.9. The number of nitrogen functional groups attached to an aromatic ring is 1. The summed E-state index contributed by atoms with van der Waals surface area (Å²) in [4.78, 5) is 0. The Hall–Kier alpha value is -1.49. The van der Waals surface area contributed by atoms with E-state index in [0.29, 0.717) is 25.6 Å². The van der Waals surface area contributed by atoms with Crippen LogP contribution in [0.25, 0.3) is 0 Å². The average molecular weight is 243 g/mol. The minimum absolute atomic E-state index is 0.161. The number of hydrogen-bond acceptors (Lipinski definition) is 4. The lowest BCUT2D eigenvalue weighted by Gasteiger charge is -2.12. The maximum Gasteiger partial charge on any atom is 0.167 e. The number of methoxy groups -OCH3 is 1. The van der Waals surface area contributed by atoms with Crippen LogP contribution in [0.3, 0.4) is 0 Å². The lowest BCUT2D eigenvalue weighted by Crippen LogP contribution is -2.07. The van der Waals surface area contributed by atoms with Gasteiger partial charge in [-0.05, 0) is 6.42 Å². The van der Waals surface area contributed by atoms with Gasteiger partial charge in [0, 0.05) is 19.2 Å². The molecule has 96 valence electrons. The first-order chi connectivity index (χ1) is 8.19. The van der Waals surface area contributed by atoms with E-state index in [1.807, 2.05) is 6.92 Å². The highest BCUT2D eigenvalue weighted by atomic mass is 19.1. The van der Waals surface area contributed by atoms with Gasteiger partial charge in [0.1, 0.15) is 12.4 Å². The minimum atomic E-state index is -0.477. The van der Waals surface area contributed by atoms with Gasteiger partial charge in [-0.1, -0.05) is 6.92 Å². The molecule has 0 aliphatic rings. The van der Waals surface area contributed by atoms with E-state index in [9.17, 15) is 4.39 Å². The normalized spacial score (nSPS) is 10.3. The van der Waals surface area contributed by atoms with Gasteiger partial charge in [0.15, 0.2) is 11.6 Å². The quantitative estimate of drug-likeness (QED) is 0.589. The van der Waals surface area contributed by atoms with Gasteiger partial charge in [-0.2, -0.15) is 0 Å². The van der Waals surface area contributed by atoms with Crippen molar-refractivity contribution in [3.05, 3.63) is 17.9 Å². The zero-order valence-electron chi connectivity index (χ0n) is 10.2. The second-order valence-corrected chi connectivity index (χ2v) is 3.51. The first kappa shape index (κ1) is 13.6. The smallest absolute Gasteiger partial charge is 0.167 e. The molecule has 0 radical (unpaired) electrons. The molecule has 0 aliphatic carbocycles. The van der Waals surface area contributed by atoms with Crippen molar-refractivity contribution in [2.45, 2.75) is 13.3 Å². The lowest BCUT2D eigenvalue weighted by molar-refractivity contribution is 0.146. The summed E-state index contributed by atoms with van der Waals surface area (Å²) in [5.74, 6) is 0.0954. The van der Waals surface area contributed by atoms with Gasteiger partial charge in [-0.15, -0.1) is 0 Å². The summed E-state index contributed by atoms with van der Waals surface area (Å²) in [6, 6.07) is 2.67. The molecule has 0 atom stereocenters. The fourth-order valence-corrected chi connectivity index (χ4v) is 1.23. The van der Waals surface area contributed by atoms with Crippen molar-refractivity contribution in [1.82, 2.24) is 0 Å². The Morgan fingerprint density at radius 3 is 2.47 bits per heavy atom. The summed E-state index contributed by atoms with van der Waals surface area (Å²) in [6.45, 7) is 3.21. The summed E-state index contributed by atoms with van der Waals surface area (Å²) in [6.07, 6.45) is 0.809. The molecule has 4 nitrogen and oxygen atoms in total. The summed E-state index contributed by atoms with van der Waals surface area (Å²) in [5.41, 5.74) is 5.89. The van der Waals surface area contributed by atoms with Crippen molar-refractivity contribution in [3.63, 3.8) is 0 Å². The second-order valence-electron chi connectivity index (χ2n) is 3.51. The molecule has 0 saturated heterocycles. The predicted molar refractivity (Wildman–Crippen MR) is 64.0 cm³/mol. The van der Waals surface area contributed by atoms with Crippen LogP contribution < -0.4 is 15.2 Å². The Labute approximate surface area is 100 Å². The van der Waals surface area contributed by atoms with Gasteiger partial charge < -0.3 is 19.9 Å². The van der Waals surface area contributed by atoms with E-state index in [4.69, 9.17) is 19.9 Å². The van der Waals surface area contributed by atoms with Crippen LogP contribution in [-0.4, -0.2) is 26.9 Å². The van der Waals surface area contributed by atoms with Gasteiger partial charge in [-0.3, -0.25) is 0 Å².